The van der Waals surface area contributed by atoms with E-state index < -0.39 is 67.1 Å². The molecule has 0 aliphatic heterocycles. The van der Waals surface area contributed by atoms with Gasteiger partial charge in [0.25, 0.3) is 11.1 Å². The van der Waals surface area contributed by atoms with Crippen molar-refractivity contribution in [3.8, 4) is 17.8 Å². The number of hydrogen-bond acceptors (Lipinski definition) is 17. The molecule has 0 saturated carbocycles. The van der Waals surface area contributed by atoms with E-state index in [-0.39, 0.29) is 119 Å². The first-order valence-electron chi connectivity index (χ1n) is 27.0. The Morgan fingerprint density at radius 1 is 0.675 bits per heavy atom. The molecule has 0 radical (unpaired) electrons. The van der Waals surface area contributed by atoms with Gasteiger partial charge in [-0.15, -0.1) is 10.2 Å². The quantitative estimate of drug-likeness (QED) is 0.0158. The van der Waals surface area contributed by atoms with Crippen LogP contribution < -0.4 is 20.6 Å². The van der Waals surface area contributed by atoms with Gasteiger partial charge in [0, 0.05) is 44.6 Å². The molecule has 434 valence electrons. The maximum absolute atomic E-state index is 13.5. The number of sulfonamides is 2. The fourth-order valence-corrected chi connectivity index (χ4v) is 11.5. The molecule has 2 heterocycles. The molecule has 4 unspecified atom stereocenters. The van der Waals surface area contributed by atoms with Crippen molar-refractivity contribution in [3.05, 3.63) is 96.3 Å². The van der Waals surface area contributed by atoms with Gasteiger partial charge in [0.1, 0.15) is 29.5 Å². The molecule has 0 bridgehead atoms. The standard InChI is InChI=1S/C56H76N10O12S2/c1-12-16-20-41(14-3)33-65-53(69)45(30-57)39(9)51(55(65)71)63-61-43-24-26-46(35(5)28-43)79(73,74)59-31-37(7)77-48(67)22-18-19-23-49(68)78-38(8)32-60-80(75,76)47-27-25-44(29-36(47)6)62-64-52-40(10)50(58-11)54(70)66(56(52)72)34-42(15-4)21-17-13-2/h24-29,37-38,41-42,59-60,69-70H,12-23,31-34H2,1-10H3. The van der Waals surface area contributed by atoms with Crippen LogP contribution in [0.2, 0.25) is 0 Å². The van der Waals surface area contributed by atoms with E-state index in [0.717, 1.165) is 55.9 Å². The summed E-state index contributed by atoms with van der Waals surface area (Å²) in [7, 11) is -8.20. The van der Waals surface area contributed by atoms with Gasteiger partial charge in [-0.25, -0.2) is 31.1 Å². The number of ether oxygens (including phenoxy) is 2. The van der Waals surface area contributed by atoms with Crippen LogP contribution in [0.4, 0.5) is 28.4 Å². The van der Waals surface area contributed by atoms with Crippen LogP contribution >= 0.6 is 0 Å². The van der Waals surface area contributed by atoms with Crippen molar-refractivity contribution >= 4 is 60.4 Å². The summed E-state index contributed by atoms with van der Waals surface area (Å²) in [6.07, 6.45) is 5.72. The van der Waals surface area contributed by atoms with Crippen molar-refractivity contribution in [1.82, 2.24) is 18.6 Å². The second-order valence-electron chi connectivity index (χ2n) is 20.0. The highest BCUT2D eigenvalue weighted by molar-refractivity contribution is 7.89. The van der Waals surface area contributed by atoms with E-state index in [0.29, 0.717) is 11.1 Å². The first-order valence-corrected chi connectivity index (χ1v) is 30.0. The summed E-state index contributed by atoms with van der Waals surface area (Å²) in [5.41, 5.74) is -0.191. The summed E-state index contributed by atoms with van der Waals surface area (Å²) in [6, 6.07) is 10.3. The molecule has 0 aliphatic rings. The number of carbonyl (C=O) groups excluding carboxylic acids is 2. The number of carbonyl (C=O) groups is 2. The lowest BCUT2D eigenvalue weighted by Crippen LogP contribution is -2.33. The van der Waals surface area contributed by atoms with Gasteiger partial charge in [0.15, 0.2) is 11.6 Å². The number of aryl methyl sites for hydroxylation is 2. The summed E-state index contributed by atoms with van der Waals surface area (Å²) in [4.78, 5) is 55.6. The van der Waals surface area contributed by atoms with E-state index in [9.17, 15) is 51.5 Å². The van der Waals surface area contributed by atoms with E-state index in [1.54, 1.807) is 13.8 Å². The molecule has 22 nitrogen and oxygen atoms in total. The van der Waals surface area contributed by atoms with Crippen LogP contribution in [0.15, 0.2) is 76.2 Å². The van der Waals surface area contributed by atoms with Crippen LogP contribution in [0.25, 0.3) is 4.85 Å². The molecule has 2 aromatic heterocycles. The number of esters is 2. The van der Waals surface area contributed by atoms with E-state index in [2.05, 4.69) is 48.6 Å². The predicted octanol–water partition coefficient (Wildman–Crippen LogP) is 11.0. The van der Waals surface area contributed by atoms with Gasteiger partial charge in [-0.1, -0.05) is 66.2 Å². The van der Waals surface area contributed by atoms with Crippen LogP contribution in [-0.4, -0.2) is 73.4 Å². The zero-order valence-corrected chi connectivity index (χ0v) is 49.1. The topological polar surface area (TPSA) is 307 Å². The molecule has 2 aromatic carbocycles. The molecule has 0 amide bonds. The number of benzene rings is 2. The largest absolute Gasteiger partial charge is 0.503 e. The van der Waals surface area contributed by atoms with E-state index in [4.69, 9.17) is 16.0 Å². The second kappa shape index (κ2) is 30.5. The number of unbranched alkanes of at least 4 members (excludes halogenated alkanes) is 3. The van der Waals surface area contributed by atoms with E-state index in [1.165, 1.54) is 68.7 Å². The molecule has 80 heavy (non-hydrogen) atoms. The van der Waals surface area contributed by atoms with Gasteiger partial charge in [0.05, 0.1) is 27.7 Å². The summed E-state index contributed by atoms with van der Waals surface area (Å²) in [5, 5.41) is 48.2. The van der Waals surface area contributed by atoms with Gasteiger partial charge in [-0.2, -0.15) is 15.5 Å². The van der Waals surface area contributed by atoms with Crippen molar-refractivity contribution < 1.29 is 46.1 Å². The van der Waals surface area contributed by atoms with Gasteiger partial charge < -0.3 is 19.7 Å². The van der Waals surface area contributed by atoms with Gasteiger partial charge in [-0.05, 0) is 132 Å². The Bertz CT molecular complexity index is 3140. The maximum Gasteiger partial charge on any atom is 0.306 e. The number of rotatable bonds is 31. The Kier molecular flexibility index (Phi) is 24.9. The van der Waals surface area contributed by atoms with Crippen molar-refractivity contribution in [2.75, 3.05) is 13.1 Å². The number of aromatic hydroxyl groups is 2. The predicted molar refractivity (Wildman–Crippen MR) is 302 cm³/mol. The molecule has 4 N–H and O–H groups in total. The lowest BCUT2D eigenvalue weighted by atomic mass is 9.99. The number of nitrogens with zero attached hydrogens (tertiary/aromatic N) is 8. The highest BCUT2D eigenvalue weighted by atomic mass is 32.2. The zero-order chi connectivity index (χ0) is 59.5. The minimum absolute atomic E-state index is 0.0693. The lowest BCUT2D eigenvalue weighted by Gasteiger charge is -2.19. The number of nitriles is 1. The number of azo groups is 2. The van der Waals surface area contributed by atoms with Crippen molar-refractivity contribution in [2.45, 2.75) is 181 Å². The van der Waals surface area contributed by atoms with Crippen molar-refractivity contribution in [3.63, 3.8) is 0 Å². The second-order valence-corrected chi connectivity index (χ2v) is 23.5. The van der Waals surface area contributed by atoms with Gasteiger partial charge >= 0.3 is 11.9 Å². The Balaban J connectivity index is 1.24. The summed E-state index contributed by atoms with van der Waals surface area (Å²) < 4.78 is 71.2. The third-order valence-corrected chi connectivity index (χ3v) is 16.9. The Hall–Kier alpha value is -7.12. The molecule has 4 rings (SSSR count). The molecule has 0 aliphatic carbocycles. The minimum atomic E-state index is -4.10. The van der Waals surface area contributed by atoms with Crippen LogP contribution in [-0.2, 0) is 52.2 Å². The van der Waals surface area contributed by atoms with E-state index >= 15 is 0 Å². The summed E-state index contributed by atoms with van der Waals surface area (Å²) in [6.45, 7) is 24.8. The highest BCUT2D eigenvalue weighted by Crippen LogP contribution is 2.36. The van der Waals surface area contributed by atoms with Crippen LogP contribution in [0.5, 0.6) is 11.8 Å². The molecule has 0 fully saturated rings. The summed E-state index contributed by atoms with van der Waals surface area (Å²) >= 11 is 0. The number of pyridine rings is 2. The molecule has 4 atom stereocenters. The Labute approximate surface area is 469 Å². The van der Waals surface area contributed by atoms with Gasteiger partial charge in [0.2, 0.25) is 31.6 Å². The van der Waals surface area contributed by atoms with Crippen molar-refractivity contribution in [2.24, 2.45) is 32.3 Å². The lowest BCUT2D eigenvalue weighted by molar-refractivity contribution is -0.150. The molecule has 24 heteroatoms. The monoisotopic (exact) mass is 1140 g/mol. The Morgan fingerprint density at radius 3 is 1.46 bits per heavy atom. The third kappa shape index (κ3) is 17.7. The van der Waals surface area contributed by atoms with Gasteiger partial charge in [-0.3, -0.25) is 28.3 Å². The molecule has 0 saturated heterocycles. The van der Waals surface area contributed by atoms with Crippen LogP contribution in [0.3, 0.4) is 0 Å². The molecular formula is C56H76N10O12S2. The van der Waals surface area contributed by atoms with E-state index in [1.807, 2.05) is 19.9 Å². The van der Waals surface area contributed by atoms with Crippen LogP contribution in [0.1, 0.15) is 146 Å². The first-order chi connectivity index (χ1) is 37.9. The average molecular weight is 1150 g/mol. The zero-order valence-electron chi connectivity index (χ0n) is 47.5. The third-order valence-electron chi connectivity index (χ3n) is 13.7. The molecule has 4 aromatic rings. The van der Waals surface area contributed by atoms with Crippen molar-refractivity contribution in [1.29, 1.82) is 5.26 Å². The minimum Gasteiger partial charge on any atom is -0.503 e. The van der Waals surface area contributed by atoms with Crippen LogP contribution in [0, 0.1) is 57.4 Å². The average Bonchev–Trinajstić information content (AvgIpc) is 3.45. The Morgan fingerprint density at radius 2 is 1.09 bits per heavy atom. The number of aromatic nitrogens is 2. The smallest absolute Gasteiger partial charge is 0.306 e. The highest BCUT2D eigenvalue weighted by Gasteiger charge is 2.25. The summed E-state index contributed by atoms with van der Waals surface area (Å²) in [5.74, 6) is -1.87. The SMILES string of the molecule is [C-]#[N+]c1c(C)c(N=Nc2ccc(S(=O)(=O)NCC(C)OC(=O)CCCCC(=O)OC(C)CNS(=O)(=O)c3ccc(N=Nc4c(C)c(C#N)c(O)n(CC(CC)CCCC)c4=O)cc3C)c(C)c2)c(=O)n(CC(CC)CCCC)c1O. The number of nitrogens with one attached hydrogen (secondary N) is 2. The molecular weight excluding hydrogens is 1070 g/mol. The number of hydrogen-bond donors (Lipinski definition) is 4. The maximum atomic E-state index is 13.5. The normalized spacial score (nSPS) is 13.4. The fraction of sp³-hybridized carbons (Fsp3) is 0.536. The molecule has 0 spiro atoms. The first kappa shape index (κ1) is 65.4. The fourth-order valence-electron chi connectivity index (χ4n) is 8.80.